The van der Waals surface area contributed by atoms with Gasteiger partial charge in [0, 0.05) is 18.3 Å². The second-order valence-corrected chi connectivity index (χ2v) is 8.92. The summed E-state index contributed by atoms with van der Waals surface area (Å²) in [5, 5.41) is 3.16. The minimum atomic E-state index is -0.785. The summed E-state index contributed by atoms with van der Waals surface area (Å²) in [6.07, 6.45) is 6.18. The number of carbonyl (C=O) groups is 2. The summed E-state index contributed by atoms with van der Waals surface area (Å²) in [5.41, 5.74) is -0.588. The van der Waals surface area contributed by atoms with E-state index in [2.05, 4.69) is 5.32 Å². The van der Waals surface area contributed by atoms with Gasteiger partial charge in [-0.15, -0.1) is 0 Å². The Balaban J connectivity index is 1.64. The molecule has 0 saturated heterocycles. The molecule has 2 aliphatic rings. The summed E-state index contributed by atoms with van der Waals surface area (Å²) in [6, 6.07) is 2.43. The van der Waals surface area contributed by atoms with Crippen LogP contribution in [0.5, 0.6) is 5.75 Å². The van der Waals surface area contributed by atoms with E-state index in [1.165, 1.54) is 43.2 Å². The van der Waals surface area contributed by atoms with Crippen molar-refractivity contribution in [1.82, 2.24) is 9.88 Å². The van der Waals surface area contributed by atoms with Crippen molar-refractivity contribution in [1.29, 1.82) is 0 Å². The molecule has 2 bridgehead atoms. The average Bonchev–Trinajstić information content (AvgIpc) is 3.39. The van der Waals surface area contributed by atoms with E-state index >= 15 is 0 Å². The lowest BCUT2D eigenvalue weighted by molar-refractivity contribution is -0.122. The molecule has 0 spiro atoms. The van der Waals surface area contributed by atoms with E-state index < -0.39 is 17.2 Å². The monoisotopic (exact) mass is 444 g/mol. The van der Waals surface area contributed by atoms with Crippen LogP contribution in [0, 0.1) is 23.6 Å². The Hall–Kier alpha value is -2.90. The molecule has 32 heavy (non-hydrogen) atoms. The van der Waals surface area contributed by atoms with Crippen molar-refractivity contribution < 1.29 is 23.5 Å². The fourth-order valence-corrected chi connectivity index (χ4v) is 5.50. The van der Waals surface area contributed by atoms with Crippen LogP contribution in [0.15, 0.2) is 23.1 Å². The Labute approximate surface area is 185 Å². The fraction of sp³-hybridized carbons (Fsp3) is 0.542. The molecule has 4 atom stereocenters. The summed E-state index contributed by atoms with van der Waals surface area (Å²) in [6.45, 7) is 3.62. The van der Waals surface area contributed by atoms with Gasteiger partial charge in [-0.05, 0) is 56.9 Å². The number of esters is 1. The summed E-state index contributed by atoms with van der Waals surface area (Å²) in [5.74, 6) is 0.103. The first kappa shape index (κ1) is 22.3. The van der Waals surface area contributed by atoms with Gasteiger partial charge < -0.3 is 19.4 Å². The first-order chi connectivity index (χ1) is 15.3. The smallest absolute Gasteiger partial charge is 0.343 e. The van der Waals surface area contributed by atoms with Gasteiger partial charge in [-0.2, -0.15) is 0 Å². The first-order valence-electron chi connectivity index (χ1n) is 11.2. The first-order valence-corrected chi connectivity index (χ1v) is 11.2. The van der Waals surface area contributed by atoms with Gasteiger partial charge >= 0.3 is 5.97 Å². The third-order valence-corrected chi connectivity index (χ3v) is 6.99. The number of fused-ring (bicyclic) bond motifs is 3. The molecule has 4 rings (SSSR count). The van der Waals surface area contributed by atoms with E-state index in [0.717, 1.165) is 18.4 Å². The van der Waals surface area contributed by atoms with E-state index in [0.29, 0.717) is 11.8 Å². The maximum atomic E-state index is 14.4. The molecule has 7 nitrogen and oxygen atoms in total. The summed E-state index contributed by atoms with van der Waals surface area (Å²) >= 11 is 0. The second-order valence-electron chi connectivity index (χ2n) is 8.92. The van der Waals surface area contributed by atoms with Crippen molar-refractivity contribution in [2.45, 2.75) is 52.1 Å². The molecule has 1 aromatic carbocycles. The molecule has 172 valence electrons. The SMILES string of the molecule is CCOC(=O)c1cn(CC(=O)N[C@@H](C)[C@H]2C[C@H]3CC[C@H]2C3)c2cc(F)c(OC)cc2c1=O. The third-order valence-electron chi connectivity index (χ3n) is 6.99. The highest BCUT2D eigenvalue weighted by molar-refractivity contribution is 5.94. The fourth-order valence-electron chi connectivity index (χ4n) is 5.50. The van der Waals surface area contributed by atoms with Crippen LogP contribution in [-0.2, 0) is 16.1 Å². The van der Waals surface area contributed by atoms with Gasteiger partial charge in [0.15, 0.2) is 11.6 Å². The Morgan fingerprint density at radius 1 is 1.28 bits per heavy atom. The van der Waals surface area contributed by atoms with Gasteiger partial charge in [0.1, 0.15) is 12.1 Å². The topological polar surface area (TPSA) is 86.6 Å². The zero-order chi connectivity index (χ0) is 23.0. The maximum Gasteiger partial charge on any atom is 0.343 e. The van der Waals surface area contributed by atoms with E-state index in [-0.39, 0.29) is 47.3 Å². The van der Waals surface area contributed by atoms with Gasteiger partial charge in [-0.25, -0.2) is 9.18 Å². The number of amides is 1. The molecule has 0 aliphatic heterocycles. The van der Waals surface area contributed by atoms with Crippen LogP contribution in [0.1, 0.15) is 49.9 Å². The van der Waals surface area contributed by atoms with E-state index in [1.54, 1.807) is 6.92 Å². The zero-order valence-electron chi connectivity index (χ0n) is 18.7. The Morgan fingerprint density at radius 3 is 2.69 bits per heavy atom. The van der Waals surface area contributed by atoms with Crippen LogP contribution in [0.2, 0.25) is 0 Å². The van der Waals surface area contributed by atoms with Crippen LogP contribution < -0.4 is 15.5 Å². The van der Waals surface area contributed by atoms with Crippen molar-refractivity contribution in [3.63, 3.8) is 0 Å². The molecular formula is C24H29FN2O5. The molecule has 2 fully saturated rings. The highest BCUT2D eigenvalue weighted by atomic mass is 19.1. The minimum absolute atomic E-state index is 0.0322. The van der Waals surface area contributed by atoms with Crippen LogP contribution in [0.3, 0.4) is 0 Å². The van der Waals surface area contributed by atoms with Crippen LogP contribution in [-0.4, -0.2) is 36.2 Å². The molecule has 1 heterocycles. The predicted octanol–water partition coefficient (Wildman–Crippen LogP) is 3.27. The van der Waals surface area contributed by atoms with Gasteiger partial charge in [-0.3, -0.25) is 9.59 Å². The van der Waals surface area contributed by atoms with Crippen molar-refractivity contribution in [3.8, 4) is 5.75 Å². The van der Waals surface area contributed by atoms with Gasteiger partial charge in [0.05, 0.1) is 24.6 Å². The molecule has 1 N–H and O–H groups in total. The number of methoxy groups -OCH3 is 1. The normalized spacial score (nSPS) is 22.7. The summed E-state index contributed by atoms with van der Waals surface area (Å²) in [4.78, 5) is 38.1. The van der Waals surface area contributed by atoms with Gasteiger partial charge in [-0.1, -0.05) is 6.42 Å². The number of rotatable bonds is 7. The Morgan fingerprint density at radius 2 is 2.06 bits per heavy atom. The van der Waals surface area contributed by atoms with Crippen molar-refractivity contribution >= 4 is 22.8 Å². The highest BCUT2D eigenvalue weighted by Gasteiger charge is 2.42. The third kappa shape index (κ3) is 4.10. The summed E-state index contributed by atoms with van der Waals surface area (Å²) in [7, 11) is 1.29. The molecule has 1 aromatic heterocycles. The molecule has 0 unspecified atom stereocenters. The van der Waals surface area contributed by atoms with Crippen LogP contribution in [0.4, 0.5) is 4.39 Å². The largest absolute Gasteiger partial charge is 0.494 e. The number of nitrogens with one attached hydrogen (secondary N) is 1. The van der Waals surface area contributed by atoms with Crippen molar-refractivity contribution in [3.05, 3.63) is 39.9 Å². The van der Waals surface area contributed by atoms with Gasteiger partial charge in [0.2, 0.25) is 11.3 Å². The van der Waals surface area contributed by atoms with Crippen molar-refractivity contribution in [2.24, 2.45) is 17.8 Å². The average molecular weight is 445 g/mol. The number of nitrogens with zero attached hydrogens (tertiary/aromatic N) is 1. The highest BCUT2D eigenvalue weighted by Crippen LogP contribution is 2.49. The molecule has 0 radical (unpaired) electrons. The number of hydrogen-bond acceptors (Lipinski definition) is 5. The number of carbonyl (C=O) groups excluding carboxylic acids is 2. The number of benzene rings is 1. The van der Waals surface area contributed by atoms with E-state index in [1.807, 2.05) is 6.92 Å². The van der Waals surface area contributed by atoms with E-state index in [4.69, 9.17) is 9.47 Å². The molecule has 1 amide bonds. The van der Waals surface area contributed by atoms with Crippen LogP contribution in [0.25, 0.3) is 10.9 Å². The number of pyridine rings is 1. The van der Waals surface area contributed by atoms with E-state index in [9.17, 15) is 18.8 Å². The van der Waals surface area contributed by atoms with Crippen molar-refractivity contribution in [2.75, 3.05) is 13.7 Å². The number of hydrogen-bond donors (Lipinski definition) is 1. The Kier molecular flexibility index (Phi) is 6.22. The number of ether oxygens (including phenoxy) is 2. The van der Waals surface area contributed by atoms with Crippen LogP contribution >= 0.6 is 0 Å². The number of aromatic nitrogens is 1. The Bertz CT molecular complexity index is 1110. The number of halogens is 1. The lowest BCUT2D eigenvalue weighted by atomic mass is 9.84. The van der Waals surface area contributed by atoms with Gasteiger partial charge in [0.25, 0.3) is 0 Å². The second kappa shape index (κ2) is 8.92. The molecule has 2 saturated carbocycles. The quantitative estimate of drug-likeness (QED) is 0.663. The molecule has 2 aliphatic carbocycles. The molecule has 8 heteroatoms. The lowest BCUT2D eigenvalue weighted by Gasteiger charge is -2.28. The minimum Gasteiger partial charge on any atom is -0.494 e. The zero-order valence-corrected chi connectivity index (χ0v) is 18.7. The maximum absolute atomic E-state index is 14.4. The lowest BCUT2D eigenvalue weighted by Crippen LogP contribution is -2.41. The standard InChI is InChI=1S/C24H29FN2O5/c1-4-32-24(30)18-11-27(20-10-19(25)21(31-3)9-17(20)23(18)29)12-22(28)26-13(2)16-8-14-5-6-15(16)7-14/h9-11,13-16H,4-8,12H2,1-3H3,(H,26,28)/t13-,14-,15-,16+/m0/s1. The molecular weight excluding hydrogens is 415 g/mol. The predicted molar refractivity (Wildman–Crippen MR) is 117 cm³/mol. The summed E-state index contributed by atoms with van der Waals surface area (Å²) < 4.78 is 25.8. The molecule has 2 aromatic rings.